The quantitative estimate of drug-likeness (QED) is 0.708. The summed E-state index contributed by atoms with van der Waals surface area (Å²) in [7, 11) is 1.60. The van der Waals surface area contributed by atoms with Gasteiger partial charge in [0.25, 0.3) is 0 Å². The highest BCUT2D eigenvalue weighted by Gasteiger charge is 2.01. The molecule has 0 atom stereocenters. The summed E-state index contributed by atoms with van der Waals surface area (Å²) in [6.45, 7) is 1.89. The van der Waals surface area contributed by atoms with Gasteiger partial charge < -0.3 is 4.74 Å². The van der Waals surface area contributed by atoms with E-state index in [9.17, 15) is 0 Å². The molecule has 0 N–H and O–H groups in total. The Morgan fingerprint density at radius 3 is 2.79 bits per heavy atom. The lowest BCUT2D eigenvalue weighted by molar-refractivity contribution is 0.412. The van der Waals surface area contributed by atoms with Crippen LogP contribution in [0, 0.1) is 6.92 Å². The van der Waals surface area contributed by atoms with Crippen LogP contribution in [-0.2, 0) is 0 Å². The molecule has 0 aliphatic heterocycles. The molecule has 2 rings (SSSR count). The smallest absolute Gasteiger partial charge is 0.139 e. The van der Waals surface area contributed by atoms with Gasteiger partial charge >= 0.3 is 0 Å². The van der Waals surface area contributed by atoms with Crippen molar-refractivity contribution in [1.82, 2.24) is 20.0 Å². The van der Waals surface area contributed by atoms with Crippen LogP contribution < -0.4 is 4.74 Å². The van der Waals surface area contributed by atoms with E-state index in [4.69, 9.17) is 4.74 Å². The number of aromatic nitrogens is 4. The third-order valence-corrected chi connectivity index (χ3v) is 1.77. The number of aryl methyl sites for hydroxylation is 1. The number of hydrogen-bond acceptors (Lipinski definition) is 4. The van der Waals surface area contributed by atoms with Crippen LogP contribution in [0.25, 0.3) is 5.69 Å². The highest BCUT2D eigenvalue weighted by atomic mass is 16.5. The second kappa shape index (κ2) is 3.45. The molecular weight excluding hydrogens is 180 g/mol. The van der Waals surface area contributed by atoms with E-state index in [-0.39, 0.29) is 0 Å². The number of ether oxygens (including phenoxy) is 1. The van der Waals surface area contributed by atoms with Gasteiger partial charge in [-0.25, -0.2) is 0 Å². The van der Waals surface area contributed by atoms with Crippen LogP contribution in [0.3, 0.4) is 0 Å². The topological polar surface area (TPSA) is 52.8 Å². The standard InChI is InChI=1S/C9H10N4O/c1-7-4-11-13(12-7)8-3-9(14-2)6-10-5-8/h3-6H,1-2H3. The fourth-order valence-corrected chi connectivity index (χ4v) is 1.09. The summed E-state index contributed by atoms with van der Waals surface area (Å²) in [6.07, 6.45) is 5.02. The summed E-state index contributed by atoms with van der Waals surface area (Å²) in [5.74, 6) is 0.692. The maximum Gasteiger partial charge on any atom is 0.139 e. The summed E-state index contributed by atoms with van der Waals surface area (Å²) in [6, 6.07) is 1.83. The molecule has 2 aromatic heterocycles. The maximum atomic E-state index is 5.05. The van der Waals surface area contributed by atoms with Crippen molar-refractivity contribution < 1.29 is 4.74 Å². The number of rotatable bonds is 2. The highest BCUT2D eigenvalue weighted by Crippen LogP contribution is 2.12. The Kier molecular flexibility index (Phi) is 2.14. The number of pyridine rings is 1. The van der Waals surface area contributed by atoms with Crippen molar-refractivity contribution in [2.24, 2.45) is 0 Å². The van der Waals surface area contributed by atoms with E-state index in [1.165, 1.54) is 4.80 Å². The average molecular weight is 190 g/mol. The zero-order valence-electron chi connectivity index (χ0n) is 8.01. The lowest BCUT2D eigenvalue weighted by atomic mass is 10.4. The summed E-state index contributed by atoms with van der Waals surface area (Å²) < 4.78 is 5.05. The van der Waals surface area contributed by atoms with Crippen LogP contribution in [-0.4, -0.2) is 27.1 Å². The molecule has 5 heteroatoms. The second-order valence-corrected chi connectivity index (χ2v) is 2.86. The van der Waals surface area contributed by atoms with E-state index >= 15 is 0 Å². The van der Waals surface area contributed by atoms with E-state index < -0.39 is 0 Å². The Balaban J connectivity index is 2.41. The first kappa shape index (κ1) is 8.68. The van der Waals surface area contributed by atoms with Crippen molar-refractivity contribution in [3.05, 3.63) is 30.4 Å². The lowest BCUT2D eigenvalue weighted by Gasteiger charge is -2.01. The van der Waals surface area contributed by atoms with Gasteiger partial charge in [-0.05, 0) is 6.92 Å². The molecule has 14 heavy (non-hydrogen) atoms. The minimum absolute atomic E-state index is 0.692. The summed E-state index contributed by atoms with van der Waals surface area (Å²) in [5, 5.41) is 8.24. The Hall–Kier alpha value is -1.91. The van der Waals surface area contributed by atoms with Crippen LogP contribution in [0.2, 0.25) is 0 Å². The number of hydrogen-bond donors (Lipinski definition) is 0. The fraction of sp³-hybridized carbons (Fsp3) is 0.222. The Labute approximate surface area is 81.3 Å². The summed E-state index contributed by atoms with van der Waals surface area (Å²) >= 11 is 0. The van der Waals surface area contributed by atoms with Crippen molar-refractivity contribution in [3.8, 4) is 11.4 Å². The van der Waals surface area contributed by atoms with Gasteiger partial charge in [-0.15, -0.1) is 4.80 Å². The minimum atomic E-state index is 0.692. The first-order valence-electron chi connectivity index (χ1n) is 4.18. The highest BCUT2D eigenvalue weighted by molar-refractivity contribution is 5.33. The summed E-state index contributed by atoms with van der Waals surface area (Å²) in [4.78, 5) is 5.53. The van der Waals surface area contributed by atoms with E-state index in [0.717, 1.165) is 11.4 Å². The molecular formula is C9H10N4O. The molecule has 5 nitrogen and oxygen atoms in total. The normalized spacial score (nSPS) is 10.1. The molecule has 0 spiro atoms. The van der Waals surface area contributed by atoms with Gasteiger partial charge in [-0.3, -0.25) is 4.98 Å². The van der Waals surface area contributed by atoms with Gasteiger partial charge in [0.15, 0.2) is 0 Å². The average Bonchev–Trinajstić information content (AvgIpc) is 2.65. The van der Waals surface area contributed by atoms with Crippen molar-refractivity contribution in [2.75, 3.05) is 7.11 Å². The van der Waals surface area contributed by atoms with Crippen molar-refractivity contribution in [2.45, 2.75) is 6.92 Å². The molecule has 0 aromatic carbocycles. The Morgan fingerprint density at radius 1 is 1.29 bits per heavy atom. The summed E-state index contributed by atoms with van der Waals surface area (Å²) in [5.41, 5.74) is 1.66. The third-order valence-electron chi connectivity index (χ3n) is 1.77. The molecule has 0 bridgehead atoms. The van der Waals surface area contributed by atoms with Crippen molar-refractivity contribution >= 4 is 0 Å². The molecule has 2 heterocycles. The first-order chi connectivity index (χ1) is 6.79. The van der Waals surface area contributed by atoms with Gasteiger partial charge in [0.05, 0.1) is 31.4 Å². The zero-order chi connectivity index (χ0) is 9.97. The first-order valence-corrected chi connectivity index (χ1v) is 4.18. The lowest BCUT2D eigenvalue weighted by Crippen LogP contribution is -1.99. The molecule has 0 aliphatic carbocycles. The monoisotopic (exact) mass is 190 g/mol. The largest absolute Gasteiger partial charge is 0.495 e. The van der Waals surface area contributed by atoms with E-state index in [1.54, 1.807) is 25.7 Å². The van der Waals surface area contributed by atoms with Gasteiger partial charge in [0, 0.05) is 6.07 Å². The van der Waals surface area contributed by atoms with E-state index in [2.05, 4.69) is 15.2 Å². The fourth-order valence-electron chi connectivity index (χ4n) is 1.09. The van der Waals surface area contributed by atoms with E-state index in [1.807, 2.05) is 13.0 Å². The predicted octanol–water partition coefficient (Wildman–Crippen LogP) is 0.979. The van der Waals surface area contributed by atoms with E-state index in [0.29, 0.717) is 5.75 Å². The third kappa shape index (κ3) is 1.56. The second-order valence-electron chi connectivity index (χ2n) is 2.86. The predicted molar refractivity (Wildman–Crippen MR) is 50.4 cm³/mol. The van der Waals surface area contributed by atoms with Crippen molar-refractivity contribution in [3.63, 3.8) is 0 Å². The molecule has 0 saturated carbocycles. The van der Waals surface area contributed by atoms with Gasteiger partial charge in [-0.2, -0.15) is 10.2 Å². The zero-order valence-corrected chi connectivity index (χ0v) is 8.01. The molecule has 0 radical (unpaired) electrons. The molecule has 0 aliphatic rings. The SMILES string of the molecule is COc1cncc(-n2ncc(C)n2)c1. The number of nitrogens with zero attached hydrogens (tertiary/aromatic N) is 4. The Morgan fingerprint density at radius 2 is 2.14 bits per heavy atom. The molecule has 72 valence electrons. The van der Waals surface area contributed by atoms with Crippen molar-refractivity contribution in [1.29, 1.82) is 0 Å². The van der Waals surface area contributed by atoms with Crippen LogP contribution in [0.4, 0.5) is 0 Å². The molecule has 2 aromatic rings. The molecule has 0 saturated heterocycles. The molecule has 0 amide bonds. The van der Waals surface area contributed by atoms with Crippen LogP contribution in [0.1, 0.15) is 5.69 Å². The minimum Gasteiger partial charge on any atom is -0.495 e. The van der Waals surface area contributed by atoms with Crippen LogP contribution in [0.15, 0.2) is 24.7 Å². The maximum absolute atomic E-state index is 5.05. The number of methoxy groups -OCH3 is 1. The van der Waals surface area contributed by atoms with Gasteiger partial charge in [0.1, 0.15) is 11.4 Å². The Bertz CT molecular complexity index is 438. The molecule has 0 unspecified atom stereocenters. The van der Waals surface area contributed by atoms with Crippen LogP contribution in [0.5, 0.6) is 5.75 Å². The van der Waals surface area contributed by atoms with Gasteiger partial charge in [0.2, 0.25) is 0 Å². The molecule has 0 fully saturated rings. The van der Waals surface area contributed by atoms with Crippen LogP contribution >= 0.6 is 0 Å². The van der Waals surface area contributed by atoms with Gasteiger partial charge in [-0.1, -0.05) is 0 Å².